The summed E-state index contributed by atoms with van der Waals surface area (Å²) in [6.45, 7) is 7.25. The lowest BCUT2D eigenvalue weighted by molar-refractivity contribution is 0.343. The van der Waals surface area contributed by atoms with Crippen LogP contribution in [0.1, 0.15) is 43.7 Å². The highest BCUT2D eigenvalue weighted by molar-refractivity contribution is 8.01. The zero-order valence-electron chi connectivity index (χ0n) is 13.8. The fourth-order valence-electron chi connectivity index (χ4n) is 2.40. The van der Waals surface area contributed by atoms with Crippen molar-refractivity contribution in [3.63, 3.8) is 0 Å². The minimum absolute atomic E-state index is 0.551. The standard InChI is InChI=1S/C17H23N3OS2/c1-11(2)15-7-6-14(10-12(15)3)21-8-9-22-17-20-19-16(23-17)18-13-4-5-13/h6-7,10-11,13H,4-5,8-9H2,1-3H3,(H,18,19). The van der Waals surface area contributed by atoms with E-state index in [1.54, 1.807) is 23.1 Å². The maximum atomic E-state index is 5.84. The summed E-state index contributed by atoms with van der Waals surface area (Å²) in [5.74, 6) is 2.37. The molecule has 1 saturated carbocycles. The molecule has 4 nitrogen and oxygen atoms in total. The first-order valence-corrected chi connectivity index (χ1v) is 9.88. The first-order valence-electron chi connectivity index (χ1n) is 8.08. The summed E-state index contributed by atoms with van der Waals surface area (Å²) in [5.41, 5.74) is 2.68. The van der Waals surface area contributed by atoms with Crippen LogP contribution in [0.5, 0.6) is 5.75 Å². The summed E-state index contributed by atoms with van der Waals surface area (Å²) in [4.78, 5) is 0. The Morgan fingerprint density at radius 3 is 2.87 bits per heavy atom. The van der Waals surface area contributed by atoms with Crippen LogP contribution in [0, 0.1) is 6.92 Å². The molecule has 1 aromatic carbocycles. The van der Waals surface area contributed by atoms with E-state index in [0.717, 1.165) is 21.0 Å². The van der Waals surface area contributed by atoms with Crippen LogP contribution in [0.4, 0.5) is 5.13 Å². The van der Waals surface area contributed by atoms with Crippen LogP contribution in [0.15, 0.2) is 22.5 Å². The van der Waals surface area contributed by atoms with E-state index < -0.39 is 0 Å². The third kappa shape index (κ3) is 4.85. The molecule has 0 saturated heterocycles. The number of aromatic nitrogens is 2. The second-order valence-electron chi connectivity index (χ2n) is 6.16. The third-order valence-corrected chi connectivity index (χ3v) is 5.70. The Hall–Kier alpha value is -1.27. The van der Waals surface area contributed by atoms with Crippen molar-refractivity contribution in [3.8, 4) is 5.75 Å². The summed E-state index contributed by atoms with van der Waals surface area (Å²) < 4.78 is 6.85. The smallest absolute Gasteiger partial charge is 0.206 e. The van der Waals surface area contributed by atoms with E-state index >= 15 is 0 Å². The minimum atomic E-state index is 0.551. The molecule has 1 heterocycles. The molecule has 1 aliphatic carbocycles. The van der Waals surface area contributed by atoms with Crippen LogP contribution in [0.3, 0.4) is 0 Å². The molecule has 1 fully saturated rings. The molecule has 1 aliphatic rings. The van der Waals surface area contributed by atoms with Crippen molar-refractivity contribution in [3.05, 3.63) is 29.3 Å². The summed E-state index contributed by atoms with van der Waals surface area (Å²) in [5, 5.41) is 12.7. The molecule has 2 aromatic rings. The lowest BCUT2D eigenvalue weighted by Crippen LogP contribution is -2.01. The summed E-state index contributed by atoms with van der Waals surface area (Å²) in [6, 6.07) is 6.99. The number of rotatable bonds is 8. The maximum absolute atomic E-state index is 5.84. The van der Waals surface area contributed by atoms with Gasteiger partial charge in [0.05, 0.1) is 6.61 Å². The van der Waals surface area contributed by atoms with Gasteiger partial charge in [0.1, 0.15) is 5.75 Å². The molecule has 1 N–H and O–H groups in total. The Bertz CT molecular complexity index is 653. The fraction of sp³-hybridized carbons (Fsp3) is 0.529. The predicted octanol–water partition coefficient (Wildman–Crippen LogP) is 4.72. The number of benzene rings is 1. The highest BCUT2D eigenvalue weighted by Gasteiger charge is 2.22. The molecule has 0 radical (unpaired) electrons. The third-order valence-electron chi connectivity index (χ3n) is 3.75. The maximum Gasteiger partial charge on any atom is 0.206 e. The molecule has 3 rings (SSSR count). The van der Waals surface area contributed by atoms with Gasteiger partial charge in [-0.05, 0) is 48.9 Å². The zero-order chi connectivity index (χ0) is 16.2. The van der Waals surface area contributed by atoms with Crippen LogP contribution in [0.2, 0.25) is 0 Å². The molecular weight excluding hydrogens is 326 g/mol. The van der Waals surface area contributed by atoms with Crippen molar-refractivity contribution >= 4 is 28.2 Å². The summed E-state index contributed by atoms with van der Waals surface area (Å²) >= 11 is 3.33. The van der Waals surface area contributed by atoms with E-state index in [4.69, 9.17) is 4.74 Å². The highest BCUT2D eigenvalue weighted by Crippen LogP contribution is 2.30. The largest absolute Gasteiger partial charge is 0.493 e. The zero-order valence-corrected chi connectivity index (χ0v) is 15.5. The van der Waals surface area contributed by atoms with Gasteiger partial charge in [0.2, 0.25) is 5.13 Å². The molecule has 0 atom stereocenters. The van der Waals surface area contributed by atoms with Gasteiger partial charge in [-0.1, -0.05) is 43.0 Å². The lowest BCUT2D eigenvalue weighted by atomic mass is 9.98. The number of nitrogens with zero attached hydrogens (tertiary/aromatic N) is 2. The number of hydrogen-bond acceptors (Lipinski definition) is 6. The van der Waals surface area contributed by atoms with Crippen molar-refractivity contribution in [1.82, 2.24) is 10.2 Å². The first kappa shape index (κ1) is 16.6. The van der Waals surface area contributed by atoms with E-state index in [2.05, 4.69) is 54.5 Å². The molecular formula is C17H23N3OS2. The first-order chi connectivity index (χ1) is 11.1. The average Bonchev–Trinajstić information content (AvgIpc) is 3.21. The van der Waals surface area contributed by atoms with E-state index in [1.807, 2.05) is 0 Å². The molecule has 23 heavy (non-hydrogen) atoms. The summed E-state index contributed by atoms with van der Waals surface area (Å²) in [6.07, 6.45) is 2.51. The second kappa shape index (κ2) is 7.53. The molecule has 124 valence electrons. The molecule has 0 spiro atoms. The summed E-state index contributed by atoms with van der Waals surface area (Å²) in [7, 11) is 0. The van der Waals surface area contributed by atoms with E-state index in [-0.39, 0.29) is 0 Å². The second-order valence-corrected chi connectivity index (χ2v) is 8.48. The van der Waals surface area contributed by atoms with Crippen LogP contribution in [-0.4, -0.2) is 28.6 Å². The fourth-order valence-corrected chi connectivity index (χ4v) is 4.12. The van der Waals surface area contributed by atoms with Crippen LogP contribution < -0.4 is 10.1 Å². The number of hydrogen-bond donors (Lipinski definition) is 1. The van der Waals surface area contributed by atoms with Crippen molar-refractivity contribution < 1.29 is 4.74 Å². The van der Waals surface area contributed by atoms with Gasteiger partial charge in [0, 0.05) is 11.8 Å². The van der Waals surface area contributed by atoms with Crippen LogP contribution >= 0.6 is 23.1 Å². The molecule has 6 heteroatoms. The monoisotopic (exact) mass is 349 g/mol. The van der Waals surface area contributed by atoms with Gasteiger partial charge in [0.15, 0.2) is 4.34 Å². The van der Waals surface area contributed by atoms with Gasteiger partial charge in [0.25, 0.3) is 0 Å². The van der Waals surface area contributed by atoms with Gasteiger partial charge in [-0.25, -0.2) is 0 Å². The Labute approximate surface area is 146 Å². The van der Waals surface area contributed by atoms with Crippen molar-refractivity contribution in [1.29, 1.82) is 0 Å². The van der Waals surface area contributed by atoms with Crippen LogP contribution in [0.25, 0.3) is 0 Å². The molecule has 0 aliphatic heterocycles. The Morgan fingerprint density at radius 1 is 1.35 bits per heavy atom. The van der Waals surface area contributed by atoms with Crippen LogP contribution in [-0.2, 0) is 0 Å². The Morgan fingerprint density at radius 2 is 2.17 bits per heavy atom. The Balaban J connectivity index is 1.42. The van der Waals surface area contributed by atoms with Gasteiger partial charge in [-0.2, -0.15) is 0 Å². The average molecular weight is 350 g/mol. The minimum Gasteiger partial charge on any atom is -0.493 e. The number of aryl methyl sites for hydroxylation is 1. The number of ether oxygens (including phenoxy) is 1. The molecule has 0 bridgehead atoms. The quantitative estimate of drug-likeness (QED) is 0.552. The molecule has 0 unspecified atom stereocenters. The SMILES string of the molecule is Cc1cc(OCCSc2nnc(NC3CC3)s2)ccc1C(C)C. The van der Waals surface area contributed by atoms with Crippen molar-refractivity contribution in [2.75, 3.05) is 17.7 Å². The van der Waals surface area contributed by atoms with E-state index in [0.29, 0.717) is 18.6 Å². The van der Waals surface area contributed by atoms with Gasteiger partial charge in [-0.15, -0.1) is 10.2 Å². The van der Waals surface area contributed by atoms with E-state index in [1.165, 1.54) is 24.0 Å². The van der Waals surface area contributed by atoms with Crippen molar-refractivity contribution in [2.45, 2.75) is 49.9 Å². The number of nitrogens with one attached hydrogen (secondary N) is 1. The van der Waals surface area contributed by atoms with Gasteiger partial charge in [-0.3, -0.25) is 0 Å². The highest BCUT2D eigenvalue weighted by atomic mass is 32.2. The molecule has 1 aromatic heterocycles. The topological polar surface area (TPSA) is 47.0 Å². The van der Waals surface area contributed by atoms with Gasteiger partial charge < -0.3 is 10.1 Å². The Kier molecular flexibility index (Phi) is 5.43. The molecule has 0 amide bonds. The lowest BCUT2D eigenvalue weighted by Gasteiger charge is -2.12. The predicted molar refractivity (Wildman–Crippen MR) is 98.0 cm³/mol. The van der Waals surface area contributed by atoms with Gasteiger partial charge >= 0.3 is 0 Å². The van der Waals surface area contributed by atoms with E-state index in [9.17, 15) is 0 Å². The van der Waals surface area contributed by atoms with Crippen molar-refractivity contribution in [2.24, 2.45) is 0 Å². The number of anilines is 1. The normalized spacial score (nSPS) is 14.3. The number of thioether (sulfide) groups is 1.